The minimum Gasteiger partial charge on any atom is -0.497 e. The summed E-state index contributed by atoms with van der Waals surface area (Å²) in [6, 6.07) is 13.1. The van der Waals surface area contributed by atoms with Crippen LogP contribution in [0.1, 0.15) is 39.3 Å². The van der Waals surface area contributed by atoms with Crippen LogP contribution in [0.2, 0.25) is 0 Å². The van der Waals surface area contributed by atoms with Gasteiger partial charge in [-0.25, -0.2) is 4.98 Å². The van der Waals surface area contributed by atoms with E-state index in [-0.39, 0.29) is 23.9 Å². The van der Waals surface area contributed by atoms with Crippen LogP contribution in [0.5, 0.6) is 11.5 Å². The third kappa shape index (κ3) is 4.55. The van der Waals surface area contributed by atoms with Crippen LogP contribution in [0, 0.1) is 12.8 Å². The molecule has 35 heavy (non-hydrogen) atoms. The van der Waals surface area contributed by atoms with E-state index in [1.165, 1.54) is 11.3 Å². The van der Waals surface area contributed by atoms with Crippen molar-refractivity contribution in [2.24, 2.45) is 5.92 Å². The van der Waals surface area contributed by atoms with Crippen LogP contribution in [-0.2, 0) is 0 Å². The fourth-order valence-electron chi connectivity index (χ4n) is 4.89. The van der Waals surface area contributed by atoms with E-state index in [9.17, 15) is 9.59 Å². The van der Waals surface area contributed by atoms with Crippen LogP contribution in [0.4, 0.5) is 5.13 Å². The first-order valence-corrected chi connectivity index (χ1v) is 12.4. The van der Waals surface area contributed by atoms with Gasteiger partial charge in [-0.15, -0.1) is 0 Å². The van der Waals surface area contributed by atoms with Crippen molar-refractivity contribution < 1.29 is 19.1 Å². The Labute approximate surface area is 208 Å². The molecule has 1 aliphatic carbocycles. The van der Waals surface area contributed by atoms with Gasteiger partial charge < -0.3 is 25.4 Å². The van der Waals surface area contributed by atoms with Crippen LogP contribution >= 0.6 is 11.3 Å². The highest BCUT2D eigenvalue weighted by molar-refractivity contribution is 7.19. The van der Waals surface area contributed by atoms with Crippen LogP contribution < -0.4 is 20.5 Å². The molecule has 1 aliphatic heterocycles. The monoisotopic (exact) mass is 492 g/mol. The van der Waals surface area contributed by atoms with Crippen molar-refractivity contribution in [1.82, 2.24) is 15.2 Å². The zero-order valence-electron chi connectivity index (χ0n) is 19.9. The van der Waals surface area contributed by atoms with Gasteiger partial charge in [0.1, 0.15) is 17.2 Å². The number of anilines is 1. The van der Waals surface area contributed by atoms with Crippen molar-refractivity contribution in [2.75, 3.05) is 26.5 Å². The van der Waals surface area contributed by atoms with Gasteiger partial charge in [0.2, 0.25) is 0 Å². The molecule has 2 amide bonds. The number of carbonyl (C=O) groups excluding carboxylic acids is 2. The van der Waals surface area contributed by atoms with Crippen molar-refractivity contribution in [3.63, 3.8) is 0 Å². The Morgan fingerprint density at radius 3 is 2.57 bits per heavy atom. The van der Waals surface area contributed by atoms with E-state index >= 15 is 0 Å². The number of hydrogen-bond acceptors (Lipinski definition) is 7. The summed E-state index contributed by atoms with van der Waals surface area (Å²) in [7, 11) is 3.09. The van der Waals surface area contributed by atoms with Gasteiger partial charge >= 0.3 is 0 Å². The van der Waals surface area contributed by atoms with E-state index in [2.05, 4.69) is 10.3 Å². The molecule has 2 aliphatic rings. The number of nitrogen functional groups attached to an aromatic ring is 1. The van der Waals surface area contributed by atoms with E-state index in [0.717, 1.165) is 28.8 Å². The highest BCUT2D eigenvalue weighted by atomic mass is 32.1. The number of amides is 2. The number of methoxy groups -OCH3 is 2. The Morgan fingerprint density at radius 2 is 1.89 bits per heavy atom. The van der Waals surface area contributed by atoms with Gasteiger partial charge in [-0.3, -0.25) is 9.59 Å². The summed E-state index contributed by atoms with van der Waals surface area (Å²) in [4.78, 5) is 33.7. The third-order valence-electron chi connectivity index (χ3n) is 6.68. The summed E-state index contributed by atoms with van der Waals surface area (Å²) < 4.78 is 10.5. The van der Waals surface area contributed by atoms with E-state index in [0.29, 0.717) is 40.4 Å². The first-order chi connectivity index (χ1) is 16.9. The van der Waals surface area contributed by atoms with Gasteiger partial charge in [-0.05, 0) is 43.4 Å². The number of aryl methyl sites for hydroxylation is 1. The highest BCUT2D eigenvalue weighted by Gasteiger charge is 2.54. The van der Waals surface area contributed by atoms with Gasteiger partial charge in [-0.2, -0.15) is 0 Å². The topological polar surface area (TPSA) is 107 Å². The molecule has 2 aromatic carbocycles. The molecule has 8 nitrogen and oxygen atoms in total. The molecule has 1 saturated heterocycles. The van der Waals surface area contributed by atoms with Crippen LogP contribution in [-0.4, -0.2) is 54.5 Å². The Bertz CT molecular complexity index is 1270. The molecule has 3 atom stereocenters. The maximum atomic E-state index is 13.7. The van der Waals surface area contributed by atoms with E-state index in [1.54, 1.807) is 32.4 Å². The zero-order chi connectivity index (χ0) is 24.7. The Balaban J connectivity index is 1.34. The summed E-state index contributed by atoms with van der Waals surface area (Å²) in [6.45, 7) is 2.37. The first kappa shape index (κ1) is 23.2. The number of nitrogens with two attached hydrogens (primary N) is 1. The molecule has 0 bridgehead atoms. The summed E-state index contributed by atoms with van der Waals surface area (Å²) in [6.07, 6.45) is 1.85. The normalized spacial score (nSPS) is 20.3. The second-order valence-electron chi connectivity index (χ2n) is 9.08. The second kappa shape index (κ2) is 9.22. The molecule has 1 saturated carbocycles. The van der Waals surface area contributed by atoms with Crippen molar-refractivity contribution in [2.45, 2.75) is 31.8 Å². The summed E-state index contributed by atoms with van der Waals surface area (Å²) in [5.41, 5.74) is 8.91. The van der Waals surface area contributed by atoms with Crippen molar-refractivity contribution in [3.05, 3.63) is 59.3 Å². The van der Waals surface area contributed by atoms with Gasteiger partial charge in [0.15, 0.2) is 5.13 Å². The standard InChI is InChI=1S/C26H28N4O4S/c1-14-5-4-6-15(7-14)23-22(29-26(27)35-23)25(32)30-18(8-16-11-21(16)30)13-28-24(31)17-9-19(33-2)12-20(10-17)34-3/h4-7,9-10,12,16,18,21H,8,11,13H2,1-3H3,(H2,27,29)(H,28,31)/t16-,18+,21?/m1/s1. The first-order valence-electron chi connectivity index (χ1n) is 11.5. The Hall–Kier alpha value is -3.59. The van der Waals surface area contributed by atoms with Gasteiger partial charge in [0, 0.05) is 24.2 Å². The number of likely N-dealkylation sites (tertiary alicyclic amines) is 1. The fourth-order valence-corrected chi connectivity index (χ4v) is 5.72. The van der Waals surface area contributed by atoms with E-state index in [4.69, 9.17) is 15.2 Å². The molecular weight excluding hydrogens is 464 g/mol. The van der Waals surface area contributed by atoms with E-state index < -0.39 is 0 Å². The number of carbonyl (C=O) groups is 2. The Kier molecular flexibility index (Phi) is 6.10. The lowest BCUT2D eigenvalue weighted by Crippen LogP contribution is -2.45. The third-order valence-corrected chi connectivity index (χ3v) is 7.62. The molecule has 0 spiro atoms. The van der Waals surface area contributed by atoms with Gasteiger partial charge in [0.05, 0.1) is 25.1 Å². The predicted molar refractivity (Wildman–Crippen MR) is 135 cm³/mol. The molecule has 3 aromatic rings. The maximum absolute atomic E-state index is 13.7. The molecule has 3 N–H and O–H groups in total. The molecule has 1 unspecified atom stereocenters. The molecule has 0 radical (unpaired) electrons. The predicted octanol–water partition coefficient (Wildman–Crippen LogP) is 3.75. The summed E-state index contributed by atoms with van der Waals surface area (Å²) in [5.74, 6) is 1.18. The molecular formula is C26H28N4O4S. The average molecular weight is 493 g/mol. The highest BCUT2D eigenvalue weighted by Crippen LogP contribution is 2.49. The van der Waals surface area contributed by atoms with Crippen LogP contribution in [0.25, 0.3) is 10.4 Å². The molecule has 9 heteroatoms. The fraction of sp³-hybridized carbons (Fsp3) is 0.346. The minimum atomic E-state index is -0.242. The van der Waals surface area contributed by atoms with Gasteiger partial charge in [0.25, 0.3) is 11.8 Å². The molecule has 2 fully saturated rings. The number of aromatic nitrogens is 1. The molecule has 2 heterocycles. The number of nitrogens with one attached hydrogen (secondary N) is 1. The minimum absolute atomic E-state index is 0.101. The van der Waals surface area contributed by atoms with Gasteiger partial charge in [-0.1, -0.05) is 41.2 Å². The number of piperidine rings is 1. The largest absolute Gasteiger partial charge is 0.497 e. The quantitative estimate of drug-likeness (QED) is 0.520. The van der Waals surface area contributed by atoms with Crippen molar-refractivity contribution >= 4 is 28.3 Å². The van der Waals surface area contributed by atoms with Crippen LogP contribution in [0.3, 0.4) is 0 Å². The number of thiazole rings is 1. The number of rotatable bonds is 7. The number of ether oxygens (including phenoxy) is 2. The summed E-state index contributed by atoms with van der Waals surface area (Å²) in [5, 5.41) is 3.36. The van der Waals surface area contributed by atoms with Crippen LogP contribution in [0.15, 0.2) is 42.5 Å². The summed E-state index contributed by atoms with van der Waals surface area (Å²) >= 11 is 1.33. The SMILES string of the molecule is COc1cc(OC)cc(C(=O)NC[C@@H]2C[C@@H]3CC3N2C(=O)c2nc(N)sc2-c2cccc(C)c2)c1. The maximum Gasteiger partial charge on any atom is 0.274 e. The van der Waals surface area contributed by atoms with E-state index in [1.807, 2.05) is 36.1 Å². The van der Waals surface area contributed by atoms with Crippen molar-refractivity contribution in [3.8, 4) is 21.9 Å². The lowest BCUT2D eigenvalue weighted by Gasteiger charge is -2.27. The molecule has 5 rings (SSSR count). The number of nitrogens with zero attached hydrogens (tertiary/aromatic N) is 2. The lowest BCUT2D eigenvalue weighted by atomic mass is 10.1. The lowest BCUT2D eigenvalue weighted by molar-refractivity contribution is 0.0685. The smallest absolute Gasteiger partial charge is 0.274 e. The molecule has 1 aromatic heterocycles. The zero-order valence-corrected chi connectivity index (χ0v) is 20.7. The Morgan fingerprint density at radius 1 is 1.14 bits per heavy atom. The van der Waals surface area contributed by atoms with Crippen molar-refractivity contribution in [1.29, 1.82) is 0 Å². The number of benzene rings is 2. The second-order valence-corrected chi connectivity index (χ2v) is 10.1. The molecule has 182 valence electrons. The number of hydrogen-bond donors (Lipinski definition) is 2. The number of fused-ring (bicyclic) bond motifs is 1. The average Bonchev–Trinajstić information content (AvgIpc) is 3.35.